The minimum atomic E-state index is -1.33. The van der Waals surface area contributed by atoms with Crippen molar-refractivity contribution in [3.8, 4) is 0 Å². The van der Waals surface area contributed by atoms with Crippen molar-refractivity contribution in [1.29, 1.82) is 0 Å². The second-order valence-electron chi connectivity index (χ2n) is 5.80. The summed E-state index contributed by atoms with van der Waals surface area (Å²) in [4.78, 5) is 43.2. The molecule has 0 amide bonds. The Morgan fingerprint density at radius 2 is 1.14 bits per heavy atom. The fourth-order valence-corrected chi connectivity index (χ4v) is 2.62. The van der Waals surface area contributed by atoms with Gasteiger partial charge in [0.25, 0.3) is 0 Å². The van der Waals surface area contributed by atoms with Gasteiger partial charge in [0.2, 0.25) is 0 Å². The molecule has 5 atom stereocenters. The van der Waals surface area contributed by atoms with Crippen LogP contribution in [0.25, 0.3) is 0 Å². The third-order valence-corrected chi connectivity index (χ3v) is 3.57. The summed E-state index contributed by atoms with van der Waals surface area (Å²) < 4.78 is 26.3. The normalized spacial score (nSPS) is 27.2. The summed E-state index contributed by atoms with van der Waals surface area (Å²) >= 11 is 0. The zero-order valence-electron chi connectivity index (χ0n) is 14.9. The molecule has 13 heteroatoms. The minimum Gasteiger partial charge on any atom is -0.480 e. The predicted octanol–water partition coefficient (Wildman–Crippen LogP) is -1.72. The lowest BCUT2D eigenvalue weighted by Crippen LogP contribution is -2.61. The number of aliphatic carboxylic acids is 4. The van der Waals surface area contributed by atoms with Crippen molar-refractivity contribution in [3.63, 3.8) is 0 Å². The third-order valence-electron chi connectivity index (χ3n) is 3.57. The molecule has 4 N–H and O–H groups in total. The van der Waals surface area contributed by atoms with Gasteiger partial charge in [0, 0.05) is 0 Å². The largest absolute Gasteiger partial charge is 0.480 e. The molecule has 1 saturated heterocycles. The van der Waals surface area contributed by atoms with Gasteiger partial charge in [-0.1, -0.05) is 0 Å². The summed E-state index contributed by atoms with van der Waals surface area (Å²) in [6.07, 6.45) is -5.36. The highest BCUT2D eigenvalue weighted by Gasteiger charge is 2.47. The van der Waals surface area contributed by atoms with Gasteiger partial charge >= 0.3 is 23.9 Å². The van der Waals surface area contributed by atoms with E-state index in [1.807, 2.05) is 0 Å². The Balaban J connectivity index is 3.03. The van der Waals surface area contributed by atoms with Crippen molar-refractivity contribution in [2.75, 3.05) is 33.0 Å². The lowest BCUT2D eigenvalue weighted by Gasteiger charge is -2.44. The molecule has 13 nitrogen and oxygen atoms in total. The first kappa shape index (κ1) is 23.7. The van der Waals surface area contributed by atoms with E-state index >= 15 is 0 Å². The second-order valence-corrected chi connectivity index (χ2v) is 5.80. The van der Waals surface area contributed by atoms with E-state index in [1.165, 1.54) is 6.92 Å². The summed E-state index contributed by atoms with van der Waals surface area (Å²) in [6.45, 7) is -1.80. The molecule has 1 heterocycles. The molecule has 28 heavy (non-hydrogen) atoms. The van der Waals surface area contributed by atoms with Crippen molar-refractivity contribution < 1.29 is 63.3 Å². The number of hydrogen-bond acceptors (Lipinski definition) is 9. The van der Waals surface area contributed by atoms with Gasteiger partial charge in [0.15, 0.2) is 0 Å². The van der Waals surface area contributed by atoms with Crippen molar-refractivity contribution >= 4 is 23.9 Å². The van der Waals surface area contributed by atoms with E-state index in [9.17, 15) is 19.2 Å². The maximum absolute atomic E-state index is 10.9. The van der Waals surface area contributed by atoms with Crippen LogP contribution in [0.15, 0.2) is 0 Å². The minimum absolute atomic E-state index is 0.320. The highest BCUT2D eigenvalue weighted by atomic mass is 16.6. The molecular formula is C15H22O13. The van der Waals surface area contributed by atoms with Gasteiger partial charge in [-0.05, 0) is 6.92 Å². The Morgan fingerprint density at radius 3 is 1.61 bits per heavy atom. The standard InChI is InChI=1S/C15H22O13/c1-7-13(25-4-10(18)19)15(27-6-12(22)23)14(26-5-11(20)21)8(28-7)2-24-3-9(16)17/h7-8,13-15H,2-6H2,1H3,(H,16,17)(H,18,19)(H,20,21)(H,22,23)/t7-,8+,13-,14?,15+/m0/s1. The topological polar surface area (TPSA) is 195 Å². The van der Waals surface area contributed by atoms with E-state index in [0.29, 0.717) is 0 Å². The Kier molecular flexibility index (Phi) is 9.75. The quantitative estimate of drug-likeness (QED) is 0.268. The number of hydrogen-bond donors (Lipinski definition) is 4. The van der Waals surface area contributed by atoms with Crippen molar-refractivity contribution in [2.45, 2.75) is 37.4 Å². The van der Waals surface area contributed by atoms with Crippen LogP contribution < -0.4 is 0 Å². The van der Waals surface area contributed by atoms with Crippen molar-refractivity contribution in [1.82, 2.24) is 0 Å². The lowest BCUT2D eigenvalue weighted by molar-refractivity contribution is -0.261. The summed E-state index contributed by atoms with van der Waals surface area (Å²) in [5, 5.41) is 35.2. The van der Waals surface area contributed by atoms with Crippen LogP contribution in [0.2, 0.25) is 0 Å². The first-order valence-electron chi connectivity index (χ1n) is 8.07. The Morgan fingerprint density at radius 1 is 0.714 bits per heavy atom. The lowest BCUT2D eigenvalue weighted by atomic mass is 9.95. The molecule has 0 spiro atoms. The van der Waals surface area contributed by atoms with E-state index in [2.05, 4.69) is 0 Å². The second kappa shape index (κ2) is 11.5. The predicted molar refractivity (Wildman–Crippen MR) is 84.9 cm³/mol. The van der Waals surface area contributed by atoms with Crippen LogP contribution in [0.3, 0.4) is 0 Å². The number of ether oxygens (including phenoxy) is 5. The van der Waals surface area contributed by atoms with Crippen LogP contribution in [0, 0.1) is 0 Å². The van der Waals surface area contributed by atoms with E-state index in [-0.39, 0.29) is 6.61 Å². The zero-order chi connectivity index (χ0) is 21.3. The van der Waals surface area contributed by atoms with Crippen LogP contribution in [0.1, 0.15) is 6.92 Å². The molecule has 1 aliphatic rings. The van der Waals surface area contributed by atoms with E-state index in [1.54, 1.807) is 0 Å². The molecule has 0 bridgehead atoms. The fraction of sp³-hybridized carbons (Fsp3) is 0.733. The number of carboxylic acid groups (broad SMARTS) is 4. The molecule has 1 aliphatic heterocycles. The zero-order valence-corrected chi connectivity index (χ0v) is 14.9. The van der Waals surface area contributed by atoms with Gasteiger partial charge < -0.3 is 44.1 Å². The number of carboxylic acids is 4. The first-order chi connectivity index (χ1) is 13.1. The van der Waals surface area contributed by atoms with Crippen LogP contribution in [0.4, 0.5) is 0 Å². The molecular weight excluding hydrogens is 388 g/mol. The van der Waals surface area contributed by atoms with Gasteiger partial charge in [0.05, 0.1) is 12.7 Å². The molecule has 1 unspecified atom stereocenters. The average Bonchev–Trinajstić information content (AvgIpc) is 2.57. The molecule has 0 aromatic heterocycles. The fourth-order valence-electron chi connectivity index (χ4n) is 2.62. The van der Waals surface area contributed by atoms with Crippen LogP contribution >= 0.6 is 0 Å². The Hall–Kier alpha value is -2.32. The molecule has 0 aromatic carbocycles. The highest BCUT2D eigenvalue weighted by molar-refractivity contribution is 5.69. The molecule has 1 fully saturated rings. The van der Waals surface area contributed by atoms with Crippen molar-refractivity contribution in [2.24, 2.45) is 0 Å². The molecule has 0 saturated carbocycles. The smallest absolute Gasteiger partial charge is 0.329 e. The van der Waals surface area contributed by atoms with Gasteiger partial charge in [-0.3, -0.25) is 0 Å². The maximum Gasteiger partial charge on any atom is 0.329 e. The highest BCUT2D eigenvalue weighted by Crippen LogP contribution is 2.28. The molecule has 0 aromatic rings. The average molecular weight is 410 g/mol. The summed E-state index contributed by atoms with van der Waals surface area (Å²) in [7, 11) is 0. The molecule has 0 radical (unpaired) electrons. The summed E-state index contributed by atoms with van der Waals surface area (Å²) in [6, 6.07) is 0. The first-order valence-corrected chi connectivity index (χ1v) is 8.07. The summed E-state index contributed by atoms with van der Waals surface area (Å²) in [5.74, 6) is -5.19. The van der Waals surface area contributed by atoms with E-state index in [0.717, 1.165) is 0 Å². The van der Waals surface area contributed by atoms with Gasteiger partial charge in [-0.15, -0.1) is 0 Å². The molecule has 1 rings (SSSR count). The maximum atomic E-state index is 10.9. The van der Waals surface area contributed by atoms with Gasteiger partial charge in [-0.25, -0.2) is 19.2 Å². The van der Waals surface area contributed by atoms with E-state index < -0.39 is 80.8 Å². The molecule has 0 aliphatic carbocycles. The monoisotopic (exact) mass is 410 g/mol. The van der Waals surface area contributed by atoms with Crippen LogP contribution in [0.5, 0.6) is 0 Å². The van der Waals surface area contributed by atoms with Crippen molar-refractivity contribution in [3.05, 3.63) is 0 Å². The Labute approximate surface area is 158 Å². The van der Waals surface area contributed by atoms with E-state index in [4.69, 9.17) is 44.1 Å². The number of rotatable bonds is 13. The van der Waals surface area contributed by atoms with Crippen LogP contribution in [-0.2, 0) is 42.9 Å². The SMILES string of the molecule is C[C@@H]1O[C@H](COCC(=O)O)C(OCC(=O)O)[C@H](OCC(=O)O)[C@H]1OCC(=O)O. The number of carbonyl (C=O) groups is 4. The van der Waals surface area contributed by atoms with Gasteiger partial charge in [-0.2, -0.15) is 0 Å². The summed E-state index contributed by atoms with van der Waals surface area (Å²) in [5.41, 5.74) is 0. The van der Waals surface area contributed by atoms with Gasteiger partial charge in [0.1, 0.15) is 50.8 Å². The third kappa shape index (κ3) is 8.14. The van der Waals surface area contributed by atoms with Crippen LogP contribution in [-0.4, -0.2) is 108 Å². The Bertz CT molecular complexity index is 562. The molecule has 160 valence electrons.